The van der Waals surface area contributed by atoms with E-state index >= 15 is 0 Å². The van der Waals surface area contributed by atoms with Crippen molar-refractivity contribution in [1.29, 1.82) is 0 Å². The molecule has 112 valence electrons. The van der Waals surface area contributed by atoms with Crippen LogP contribution >= 0.6 is 0 Å². The Morgan fingerprint density at radius 1 is 1.33 bits per heavy atom. The highest BCUT2D eigenvalue weighted by molar-refractivity contribution is 5.89. The smallest absolute Gasteiger partial charge is 0.0461 e. The summed E-state index contributed by atoms with van der Waals surface area (Å²) in [6.07, 6.45) is 3.41. The number of hydrogen-bond donors (Lipinski definition) is 2. The van der Waals surface area contributed by atoms with Crippen molar-refractivity contribution >= 4 is 10.9 Å². The molecule has 21 heavy (non-hydrogen) atoms. The number of aryl methyl sites for hydroxylation is 1. The topological polar surface area (TPSA) is 45.1 Å². The lowest BCUT2D eigenvalue weighted by atomic mass is 9.73. The molecule has 3 heteroatoms. The molecule has 0 radical (unpaired) electrons. The lowest BCUT2D eigenvalue weighted by molar-refractivity contribution is 0.116. The molecule has 0 unspecified atom stereocenters. The monoisotopic (exact) mass is 283 g/mol. The number of rotatable bonds is 2. The Morgan fingerprint density at radius 2 is 2.19 bits per heavy atom. The highest BCUT2D eigenvalue weighted by Crippen LogP contribution is 2.44. The van der Waals surface area contributed by atoms with E-state index in [0.29, 0.717) is 18.0 Å². The van der Waals surface area contributed by atoms with Crippen LogP contribution in [0.5, 0.6) is 0 Å². The molecule has 0 saturated carbocycles. The van der Waals surface area contributed by atoms with Gasteiger partial charge in [-0.1, -0.05) is 26.0 Å². The Morgan fingerprint density at radius 3 is 2.95 bits per heavy atom. The van der Waals surface area contributed by atoms with Gasteiger partial charge >= 0.3 is 0 Å². The molecule has 2 aliphatic rings. The molecule has 1 aliphatic heterocycles. The molecule has 0 bridgehead atoms. The number of aromatic nitrogens is 1. The van der Waals surface area contributed by atoms with Crippen molar-refractivity contribution in [2.75, 3.05) is 13.1 Å². The van der Waals surface area contributed by atoms with E-state index in [1.54, 1.807) is 5.56 Å². The van der Waals surface area contributed by atoms with Crippen LogP contribution in [0.4, 0.5) is 0 Å². The van der Waals surface area contributed by atoms with E-state index in [9.17, 15) is 0 Å². The van der Waals surface area contributed by atoms with Crippen molar-refractivity contribution < 1.29 is 0 Å². The van der Waals surface area contributed by atoms with E-state index in [-0.39, 0.29) is 0 Å². The van der Waals surface area contributed by atoms with Gasteiger partial charge < -0.3 is 10.7 Å². The fraction of sp³-hybridized carbons (Fsp3) is 0.556. The zero-order valence-corrected chi connectivity index (χ0v) is 13.0. The summed E-state index contributed by atoms with van der Waals surface area (Å²) < 4.78 is 0. The summed E-state index contributed by atoms with van der Waals surface area (Å²) in [4.78, 5) is 6.25. The number of likely N-dealkylation sites (N-methyl/N-ethyl adjacent to an activating group) is 1. The van der Waals surface area contributed by atoms with Crippen LogP contribution in [0.15, 0.2) is 18.2 Å². The quantitative estimate of drug-likeness (QED) is 0.890. The lowest BCUT2D eigenvalue weighted by Gasteiger charge is -2.46. The van der Waals surface area contributed by atoms with Crippen molar-refractivity contribution in [2.24, 2.45) is 5.73 Å². The number of fused-ring (bicyclic) bond motifs is 2. The molecular weight excluding hydrogens is 258 g/mol. The molecule has 0 amide bonds. The summed E-state index contributed by atoms with van der Waals surface area (Å²) in [7, 11) is 0. The zero-order valence-electron chi connectivity index (χ0n) is 13.0. The first-order valence-electron chi connectivity index (χ1n) is 8.34. The first-order chi connectivity index (χ1) is 10.2. The molecule has 1 aliphatic carbocycles. The fourth-order valence-corrected chi connectivity index (χ4v) is 4.66. The molecule has 1 aromatic heterocycles. The SMILES string of the molecule is CCc1[nH]c2cccc3c2c1C[C@@H]1[C@@H]3C[C@H](N)CN1CC. The van der Waals surface area contributed by atoms with Gasteiger partial charge in [0.2, 0.25) is 0 Å². The van der Waals surface area contributed by atoms with Gasteiger partial charge in [0.25, 0.3) is 0 Å². The standard InChI is InChI=1S/C18H25N3/c1-3-15-14-9-17-13(8-11(19)10-21(17)4-2)12-6-5-7-16(20-15)18(12)14/h5-7,11,13,17,20H,3-4,8-10,19H2,1-2H3/t11-,13+,17+/m0/s1. The minimum Gasteiger partial charge on any atom is -0.358 e. The first-order valence-corrected chi connectivity index (χ1v) is 8.34. The van der Waals surface area contributed by atoms with Gasteiger partial charge in [0.1, 0.15) is 0 Å². The van der Waals surface area contributed by atoms with Crippen molar-refractivity contribution in [3.05, 3.63) is 35.0 Å². The zero-order chi connectivity index (χ0) is 14.6. The number of likely N-dealkylation sites (tertiary alicyclic amines) is 1. The maximum atomic E-state index is 6.34. The third-order valence-electron chi connectivity index (χ3n) is 5.58. The van der Waals surface area contributed by atoms with Crippen LogP contribution in [0.25, 0.3) is 10.9 Å². The van der Waals surface area contributed by atoms with Crippen LogP contribution in [0.3, 0.4) is 0 Å². The lowest BCUT2D eigenvalue weighted by Crippen LogP contribution is -2.53. The second-order valence-electron chi connectivity index (χ2n) is 6.67. The molecule has 3 nitrogen and oxygen atoms in total. The van der Waals surface area contributed by atoms with E-state index in [1.807, 2.05) is 0 Å². The minimum atomic E-state index is 0.313. The molecule has 3 atom stereocenters. The first kappa shape index (κ1) is 13.4. The molecular formula is C18H25N3. The molecule has 1 fully saturated rings. The molecule has 4 rings (SSSR count). The van der Waals surface area contributed by atoms with Gasteiger partial charge in [0, 0.05) is 41.1 Å². The highest BCUT2D eigenvalue weighted by Gasteiger charge is 2.39. The third kappa shape index (κ3) is 1.87. The molecule has 1 aromatic carbocycles. The van der Waals surface area contributed by atoms with E-state index in [1.165, 1.54) is 28.6 Å². The van der Waals surface area contributed by atoms with E-state index in [2.05, 4.69) is 41.9 Å². The van der Waals surface area contributed by atoms with Gasteiger partial charge in [-0.3, -0.25) is 4.90 Å². The number of H-pyrrole nitrogens is 1. The fourth-order valence-electron chi connectivity index (χ4n) is 4.66. The number of aromatic amines is 1. The largest absolute Gasteiger partial charge is 0.358 e. The van der Waals surface area contributed by atoms with Crippen molar-refractivity contribution in [1.82, 2.24) is 9.88 Å². The maximum Gasteiger partial charge on any atom is 0.0461 e. The predicted octanol–water partition coefficient (Wildman–Crippen LogP) is 2.79. The Hall–Kier alpha value is -1.32. The summed E-state index contributed by atoms with van der Waals surface area (Å²) >= 11 is 0. The summed E-state index contributed by atoms with van der Waals surface area (Å²) in [6, 6.07) is 7.71. The third-order valence-corrected chi connectivity index (χ3v) is 5.58. The number of benzene rings is 1. The number of nitrogens with one attached hydrogen (secondary N) is 1. The second-order valence-corrected chi connectivity index (χ2v) is 6.67. The number of nitrogens with zero attached hydrogens (tertiary/aromatic N) is 1. The normalized spacial score (nSPS) is 28.8. The van der Waals surface area contributed by atoms with Crippen molar-refractivity contribution in [3.63, 3.8) is 0 Å². The molecule has 3 N–H and O–H groups in total. The molecule has 2 aromatic rings. The van der Waals surface area contributed by atoms with E-state index in [4.69, 9.17) is 5.73 Å². The average molecular weight is 283 g/mol. The van der Waals surface area contributed by atoms with Crippen LogP contribution in [0.1, 0.15) is 43.0 Å². The number of piperidine rings is 1. The van der Waals surface area contributed by atoms with Crippen molar-refractivity contribution in [2.45, 2.75) is 51.1 Å². The van der Waals surface area contributed by atoms with Crippen LogP contribution < -0.4 is 5.73 Å². The van der Waals surface area contributed by atoms with Crippen LogP contribution in [0, 0.1) is 0 Å². The van der Waals surface area contributed by atoms with Crippen LogP contribution in [-0.4, -0.2) is 35.1 Å². The maximum absolute atomic E-state index is 6.34. The summed E-state index contributed by atoms with van der Waals surface area (Å²) in [5.41, 5.74) is 12.2. The van der Waals surface area contributed by atoms with Crippen LogP contribution in [-0.2, 0) is 12.8 Å². The Kier molecular flexibility index (Phi) is 3.09. The summed E-state index contributed by atoms with van der Waals surface area (Å²) in [5.74, 6) is 0.602. The van der Waals surface area contributed by atoms with Crippen molar-refractivity contribution in [3.8, 4) is 0 Å². The summed E-state index contributed by atoms with van der Waals surface area (Å²) in [6.45, 7) is 6.67. The van der Waals surface area contributed by atoms with Gasteiger partial charge in [-0.05, 0) is 43.0 Å². The predicted molar refractivity (Wildman–Crippen MR) is 87.7 cm³/mol. The van der Waals surface area contributed by atoms with E-state index < -0.39 is 0 Å². The Labute approximate surface area is 126 Å². The van der Waals surface area contributed by atoms with Crippen LogP contribution in [0.2, 0.25) is 0 Å². The number of hydrogen-bond acceptors (Lipinski definition) is 2. The Balaban J connectivity index is 1.91. The molecule has 2 heterocycles. The average Bonchev–Trinajstić information content (AvgIpc) is 2.87. The molecule has 0 spiro atoms. The molecule has 1 saturated heterocycles. The number of nitrogens with two attached hydrogens (primary N) is 1. The van der Waals surface area contributed by atoms with Gasteiger partial charge in [-0.2, -0.15) is 0 Å². The van der Waals surface area contributed by atoms with E-state index in [0.717, 1.165) is 25.9 Å². The highest BCUT2D eigenvalue weighted by atomic mass is 15.2. The Bertz CT molecular complexity index is 672. The minimum absolute atomic E-state index is 0.313. The van der Waals surface area contributed by atoms with Gasteiger partial charge in [-0.25, -0.2) is 0 Å². The van der Waals surface area contributed by atoms with Gasteiger partial charge in [0.15, 0.2) is 0 Å². The summed E-state index contributed by atoms with van der Waals surface area (Å²) in [5, 5.41) is 1.50. The second kappa shape index (κ2) is 4.85. The van der Waals surface area contributed by atoms with Gasteiger partial charge in [-0.15, -0.1) is 0 Å². The van der Waals surface area contributed by atoms with Gasteiger partial charge in [0.05, 0.1) is 0 Å².